The number of hydrogen-bond acceptors (Lipinski definition) is 3. The first kappa shape index (κ1) is 19.4. The fraction of sp³-hybridized carbons (Fsp3) is 0.167. The molecule has 4 nitrogen and oxygen atoms in total. The molecule has 1 aromatic carbocycles. The van der Waals surface area contributed by atoms with Crippen LogP contribution in [0.1, 0.15) is 19.8 Å². The first-order chi connectivity index (χ1) is 13.6. The maximum Gasteiger partial charge on any atom is 0.130 e. The van der Waals surface area contributed by atoms with E-state index in [2.05, 4.69) is 65.0 Å². The lowest BCUT2D eigenvalue weighted by molar-refractivity contribution is 0.768. The number of fused-ring (bicyclic) bond motifs is 1. The number of hydrogen-bond donors (Lipinski definition) is 1. The third kappa shape index (κ3) is 4.86. The van der Waals surface area contributed by atoms with E-state index in [0.29, 0.717) is 0 Å². The van der Waals surface area contributed by atoms with Crippen molar-refractivity contribution < 1.29 is 0 Å². The smallest absolute Gasteiger partial charge is 0.130 e. The summed E-state index contributed by atoms with van der Waals surface area (Å²) in [5, 5.41) is 9.84. The Labute approximate surface area is 166 Å². The minimum Gasteiger partial charge on any atom is -0.344 e. The molecule has 0 unspecified atom stereocenters. The van der Waals surface area contributed by atoms with Crippen LogP contribution in [0.2, 0.25) is 0 Å². The molecule has 0 atom stereocenters. The summed E-state index contributed by atoms with van der Waals surface area (Å²) in [6, 6.07) is 8.42. The van der Waals surface area contributed by atoms with Crippen molar-refractivity contribution in [3.63, 3.8) is 0 Å². The van der Waals surface area contributed by atoms with Gasteiger partial charge in [0.2, 0.25) is 0 Å². The molecule has 0 bridgehead atoms. The predicted molar refractivity (Wildman–Crippen MR) is 119 cm³/mol. The van der Waals surface area contributed by atoms with Crippen LogP contribution in [0.3, 0.4) is 0 Å². The first-order valence-corrected chi connectivity index (χ1v) is 9.37. The molecule has 0 saturated carbocycles. The first-order valence-electron chi connectivity index (χ1n) is 9.37. The number of aryl methyl sites for hydroxylation is 1. The van der Waals surface area contributed by atoms with E-state index < -0.39 is 0 Å². The Morgan fingerprint density at radius 1 is 1.14 bits per heavy atom. The van der Waals surface area contributed by atoms with Gasteiger partial charge in [-0.3, -0.25) is 4.68 Å². The van der Waals surface area contributed by atoms with Crippen molar-refractivity contribution in [1.82, 2.24) is 14.8 Å². The Morgan fingerprint density at radius 2 is 2.00 bits per heavy atom. The van der Waals surface area contributed by atoms with Gasteiger partial charge in [-0.2, -0.15) is 5.10 Å². The van der Waals surface area contributed by atoms with Crippen molar-refractivity contribution in [3.05, 3.63) is 91.6 Å². The standard InChI is InChI=1S/C24H26N4/c1-5-7-8-19(6-2)10-9-18(3)27-24-14-22-13-20(11-12-21(22)15-25-24)23-16-26-28(4)17-23/h5-8,11-17H,1,3,9-10H2,2,4H3,(H,25,27)/b8-7-,19-6+. The third-order valence-corrected chi connectivity index (χ3v) is 4.60. The lowest BCUT2D eigenvalue weighted by atomic mass is 10.0. The summed E-state index contributed by atoms with van der Waals surface area (Å²) >= 11 is 0. The molecule has 2 heterocycles. The van der Waals surface area contributed by atoms with E-state index in [0.717, 1.165) is 46.3 Å². The molecule has 0 aliphatic rings. The summed E-state index contributed by atoms with van der Waals surface area (Å²) < 4.78 is 1.81. The molecule has 142 valence electrons. The van der Waals surface area contributed by atoms with E-state index in [1.54, 1.807) is 6.08 Å². The Hall–Kier alpha value is -3.40. The molecular weight excluding hydrogens is 344 g/mol. The topological polar surface area (TPSA) is 42.7 Å². The molecule has 4 heteroatoms. The van der Waals surface area contributed by atoms with Crippen molar-refractivity contribution in [2.75, 3.05) is 5.32 Å². The lowest BCUT2D eigenvalue weighted by Gasteiger charge is -2.10. The summed E-state index contributed by atoms with van der Waals surface area (Å²) in [5.41, 5.74) is 4.45. The van der Waals surface area contributed by atoms with Gasteiger partial charge >= 0.3 is 0 Å². The van der Waals surface area contributed by atoms with Crippen LogP contribution in [0, 0.1) is 0 Å². The third-order valence-electron chi connectivity index (χ3n) is 4.60. The van der Waals surface area contributed by atoms with E-state index in [1.807, 2.05) is 43.3 Å². The van der Waals surface area contributed by atoms with E-state index in [9.17, 15) is 0 Å². The van der Waals surface area contributed by atoms with Gasteiger partial charge in [-0.1, -0.05) is 55.2 Å². The van der Waals surface area contributed by atoms with Gasteiger partial charge in [-0.25, -0.2) is 4.98 Å². The summed E-state index contributed by atoms with van der Waals surface area (Å²) in [5.74, 6) is 0.810. The number of anilines is 1. The maximum absolute atomic E-state index is 4.52. The Kier molecular flexibility index (Phi) is 6.22. The molecule has 0 fully saturated rings. The minimum atomic E-state index is 0.810. The normalized spacial score (nSPS) is 11.9. The van der Waals surface area contributed by atoms with E-state index in [-0.39, 0.29) is 0 Å². The Balaban J connectivity index is 1.71. The summed E-state index contributed by atoms with van der Waals surface area (Å²) in [4.78, 5) is 4.52. The monoisotopic (exact) mass is 370 g/mol. The average molecular weight is 371 g/mol. The van der Waals surface area contributed by atoms with Gasteiger partial charge in [0.1, 0.15) is 5.82 Å². The van der Waals surface area contributed by atoms with E-state index >= 15 is 0 Å². The van der Waals surface area contributed by atoms with Crippen LogP contribution in [0.15, 0.2) is 91.6 Å². The van der Waals surface area contributed by atoms with E-state index in [1.165, 1.54) is 5.57 Å². The second-order valence-electron chi connectivity index (χ2n) is 6.72. The minimum absolute atomic E-state index is 0.810. The van der Waals surface area contributed by atoms with Crippen LogP contribution < -0.4 is 5.32 Å². The van der Waals surface area contributed by atoms with Gasteiger partial charge in [-0.15, -0.1) is 0 Å². The predicted octanol–water partition coefficient (Wildman–Crippen LogP) is 6.03. The van der Waals surface area contributed by atoms with Crippen LogP contribution in [-0.4, -0.2) is 14.8 Å². The highest BCUT2D eigenvalue weighted by Gasteiger charge is 2.05. The molecule has 3 rings (SSSR count). The highest BCUT2D eigenvalue weighted by atomic mass is 15.2. The van der Waals surface area contributed by atoms with Crippen molar-refractivity contribution in [2.24, 2.45) is 7.05 Å². The zero-order chi connectivity index (χ0) is 19.9. The Bertz CT molecular complexity index is 1050. The molecule has 0 amide bonds. The number of rotatable bonds is 8. The molecule has 0 radical (unpaired) electrons. The molecule has 28 heavy (non-hydrogen) atoms. The molecule has 2 aromatic heterocycles. The maximum atomic E-state index is 4.52. The SMILES string of the molecule is C=C/C=C\C(=C/C)CCC(=C)Nc1cc2cc(-c3cnn(C)c3)ccc2cn1. The van der Waals surface area contributed by atoms with Gasteiger partial charge in [0.05, 0.1) is 6.20 Å². The van der Waals surface area contributed by atoms with Crippen LogP contribution in [-0.2, 0) is 7.05 Å². The van der Waals surface area contributed by atoms with Gasteiger partial charge < -0.3 is 5.32 Å². The second-order valence-corrected chi connectivity index (χ2v) is 6.72. The highest BCUT2D eigenvalue weighted by Crippen LogP contribution is 2.25. The van der Waals surface area contributed by atoms with Crippen LogP contribution in [0.25, 0.3) is 21.9 Å². The van der Waals surface area contributed by atoms with Gasteiger partial charge in [0.25, 0.3) is 0 Å². The highest BCUT2D eigenvalue weighted by molar-refractivity contribution is 5.88. The molecule has 0 saturated heterocycles. The summed E-state index contributed by atoms with van der Waals surface area (Å²) in [6.07, 6.45) is 15.5. The number of aromatic nitrogens is 3. The van der Waals surface area contributed by atoms with E-state index in [4.69, 9.17) is 0 Å². The molecular formula is C24H26N4. The number of nitrogens with zero attached hydrogens (tertiary/aromatic N) is 3. The number of allylic oxidation sites excluding steroid dienone is 6. The number of pyridine rings is 1. The van der Waals surface area contributed by atoms with Crippen molar-refractivity contribution in [2.45, 2.75) is 19.8 Å². The molecule has 3 aromatic rings. The quantitative estimate of drug-likeness (QED) is 0.492. The van der Waals surface area contributed by atoms with Crippen molar-refractivity contribution >= 4 is 16.6 Å². The zero-order valence-electron chi connectivity index (χ0n) is 16.5. The van der Waals surface area contributed by atoms with Crippen LogP contribution >= 0.6 is 0 Å². The van der Waals surface area contributed by atoms with Crippen molar-refractivity contribution in [1.29, 1.82) is 0 Å². The summed E-state index contributed by atoms with van der Waals surface area (Å²) in [7, 11) is 1.93. The van der Waals surface area contributed by atoms with Crippen molar-refractivity contribution in [3.8, 4) is 11.1 Å². The molecule has 1 N–H and O–H groups in total. The fourth-order valence-corrected chi connectivity index (χ4v) is 3.01. The van der Waals surface area contributed by atoms with Crippen LogP contribution in [0.5, 0.6) is 0 Å². The van der Waals surface area contributed by atoms with Gasteiger partial charge in [0, 0.05) is 36.1 Å². The molecule has 0 aliphatic heterocycles. The van der Waals surface area contributed by atoms with Crippen LogP contribution in [0.4, 0.5) is 5.82 Å². The largest absolute Gasteiger partial charge is 0.344 e. The summed E-state index contributed by atoms with van der Waals surface area (Å²) in [6.45, 7) is 9.91. The average Bonchev–Trinajstić information content (AvgIpc) is 3.14. The fourth-order valence-electron chi connectivity index (χ4n) is 3.01. The van der Waals surface area contributed by atoms with Gasteiger partial charge in [-0.05, 0) is 42.8 Å². The molecule has 0 spiro atoms. The molecule has 0 aliphatic carbocycles. The zero-order valence-corrected chi connectivity index (χ0v) is 16.5. The number of nitrogens with one attached hydrogen (secondary N) is 1. The lowest BCUT2D eigenvalue weighted by Crippen LogP contribution is -2.00. The van der Waals surface area contributed by atoms with Gasteiger partial charge in [0.15, 0.2) is 0 Å². The number of benzene rings is 1. The second kappa shape index (κ2) is 9.00. The Morgan fingerprint density at radius 3 is 2.71 bits per heavy atom.